The Morgan fingerprint density at radius 1 is 0.600 bits per heavy atom. The van der Waals surface area contributed by atoms with Gasteiger partial charge in [-0.1, -0.05) is 34.6 Å². The first-order valence-corrected chi connectivity index (χ1v) is 4.99. The van der Waals surface area contributed by atoms with E-state index in [1.165, 1.54) is 29.6 Å². The molecule has 0 heterocycles. The maximum absolute atomic E-state index is 9.75. The van der Waals surface area contributed by atoms with Crippen LogP contribution in [0.5, 0.6) is 0 Å². The van der Waals surface area contributed by atoms with Gasteiger partial charge in [-0.25, -0.2) is 0 Å². The second-order valence-electron chi connectivity index (χ2n) is 3.62. The predicted molar refractivity (Wildman–Crippen MR) is 65.8 cm³/mol. The maximum atomic E-state index is 9.75. The summed E-state index contributed by atoms with van der Waals surface area (Å²) in [5.41, 5.74) is 11.5. The fourth-order valence-corrected chi connectivity index (χ4v) is 1.41. The molecular weight excluding hydrogens is 319 g/mol. The van der Waals surface area contributed by atoms with Gasteiger partial charge in [0, 0.05) is 17.4 Å². The molecule has 0 aromatic heterocycles. The van der Waals surface area contributed by atoms with Crippen LogP contribution < -0.4 is 11.2 Å². The van der Waals surface area contributed by atoms with Crippen molar-refractivity contribution in [3.05, 3.63) is 39.4 Å². The Labute approximate surface area is 127 Å². The van der Waals surface area contributed by atoms with Crippen LogP contribution in [0.25, 0.3) is 0 Å². The Morgan fingerprint density at radius 3 is 0.700 bits per heavy atom. The van der Waals surface area contributed by atoms with Crippen LogP contribution in [0, 0.1) is 39.4 Å². The zero-order valence-corrected chi connectivity index (χ0v) is 13.0. The minimum atomic E-state index is -6.00. The molecule has 0 bridgehead atoms. The van der Waals surface area contributed by atoms with Crippen LogP contribution in [0.2, 0.25) is 0 Å². The molecule has 115 valence electrons. The van der Waals surface area contributed by atoms with Crippen molar-refractivity contribution in [1.82, 2.24) is 11.2 Å². The Bertz CT molecular complexity index is 187. The van der Waals surface area contributed by atoms with E-state index in [0.717, 1.165) is 0 Å². The van der Waals surface area contributed by atoms with Crippen molar-refractivity contribution < 1.29 is 34.6 Å². The molecule has 1 saturated carbocycles. The van der Waals surface area contributed by atoms with Gasteiger partial charge in [0.2, 0.25) is 0 Å². The molecule has 1 aliphatic rings. The molecule has 1 fully saturated rings. The van der Waals surface area contributed by atoms with E-state index in [1.807, 2.05) is 0 Å². The van der Waals surface area contributed by atoms with Gasteiger partial charge in [-0.15, -0.1) is 9.81 Å². The first-order valence-electron chi connectivity index (χ1n) is 4.99. The second kappa shape index (κ2) is 13.5. The summed E-state index contributed by atoms with van der Waals surface area (Å²) in [6, 6.07) is 0. The van der Waals surface area contributed by atoms with Crippen LogP contribution >= 0.6 is 0 Å². The molecule has 0 aromatic carbocycles. The second-order valence-corrected chi connectivity index (χ2v) is 3.62. The molecule has 0 atom stereocenters. The summed E-state index contributed by atoms with van der Waals surface area (Å²) in [4.78, 5) is 14.5. The van der Waals surface area contributed by atoms with Crippen molar-refractivity contribution in [2.24, 2.45) is 0 Å². The zero-order valence-electron chi connectivity index (χ0n) is 11.7. The number of nitroso groups, excluding NO2 is 2. The number of rotatable bonds is 0. The van der Waals surface area contributed by atoms with Crippen molar-refractivity contribution in [3.63, 3.8) is 0 Å². The average molecular weight is 334 g/mol. The van der Waals surface area contributed by atoms with Crippen molar-refractivity contribution in [3.8, 4) is 0 Å². The summed E-state index contributed by atoms with van der Waals surface area (Å²) in [5.74, 6) is 7.34. The Balaban J connectivity index is -0.000000110. The van der Waals surface area contributed by atoms with Crippen molar-refractivity contribution in [1.29, 1.82) is 0 Å². The third kappa shape index (κ3) is 12.5. The molecule has 0 unspecified atom stereocenters. The molecule has 0 aliphatic heterocycles. The molecule has 1 rings (SSSR count). The third-order valence-electron chi connectivity index (χ3n) is 2.81. The molecule has 0 amide bonds. The van der Waals surface area contributed by atoms with Crippen molar-refractivity contribution in [2.75, 3.05) is 0 Å². The summed E-state index contributed by atoms with van der Waals surface area (Å²) in [5, 5.41) is 0. The van der Waals surface area contributed by atoms with Gasteiger partial charge in [-0.3, -0.25) is 0 Å². The molecule has 1 aliphatic carbocycles. The van der Waals surface area contributed by atoms with Crippen LogP contribution in [0.3, 0.4) is 0 Å². The summed E-state index contributed by atoms with van der Waals surface area (Å²) >= 11 is 0. The molecule has 0 N–H and O–H groups in total. The van der Waals surface area contributed by atoms with Crippen molar-refractivity contribution in [2.45, 2.75) is 34.6 Å². The van der Waals surface area contributed by atoms with Gasteiger partial charge in [0.05, 0.1) is 0 Å². The van der Waals surface area contributed by atoms with E-state index >= 15 is 0 Å². The fourth-order valence-electron chi connectivity index (χ4n) is 1.41. The number of nitrogens with zero attached hydrogens (tertiary/aromatic N) is 2. The molecule has 0 spiro atoms. The monoisotopic (exact) mass is 334 g/mol. The smallest absolute Gasteiger partial charge is 0.418 e. The maximum Gasteiger partial charge on any atom is 0.673 e. The normalized spacial score (nSPS) is 17.6. The van der Waals surface area contributed by atoms with Gasteiger partial charge >= 0.3 is 7.25 Å². The minimum absolute atomic E-state index is 0. The van der Waals surface area contributed by atoms with Gasteiger partial charge in [-0.2, -0.15) is 0 Å². The van der Waals surface area contributed by atoms with E-state index in [2.05, 4.69) is 34.6 Å². The number of halogens is 4. The largest absolute Gasteiger partial charge is 0.673 e. The first kappa shape index (κ1) is 27.8. The van der Waals surface area contributed by atoms with Crippen LogP contribution in [0.15, 0.2) is 0 Å². The first-order chi connectivity index (χ1) is 8.55. The van der Waals surface area contributed by atoms with Crippen LogP contribution in [-0.2, 0) is 17.4 Å². The quantitative estimate of drug-likeness (QED) is 0.503. The van der Waals surface area contributed by atoms with E-state index in [0.29, 0.717) is 0 Å². The summed E-state index contributed by atoms with van der Waals surface area (Å²) in [6.45, 7) is 11.0. The van der Waals surface area contributed by atoms with Crippen LogP contribution in [-0.4, -0.2) is 7.25 Å². The minimum Gasteiger partial charge on any atom is -0.418 e. The van der Waals surface area contributed by atoms with Gasteiger partial charge in [-0.05, 0) is 29.6 Å². The molecule has 4 nitrogen and oxygen atoms in total. The number of hydrogen-bond donors (Lipinski definition) is 0. The topological polar surface area (TPSA) is 78.7 Å². The molecule has 7 radical (unpaired) electrons. The van der Waals surface area contributed by atoms with Crippen LogP contribution in [0.4, 0.5) is 17.3 Å². The zero-order chi connectivity index (χ0) is 16.4. The van der Waals surface area contributed by atoms with Crippen molar-refractivity contribution >= 4 is 7.25 Å². The van der Waals surface area contributed by atoms with E-state index < -0.39 is 7.25 Å². The molecule has 0 saturated heterocycles. The molecule has 10 heteroatoms. The SMILES string of the molecule is C[C]1[C](C)[C](C)[C](C)[C]1C.F[B-](F)(F)F.[Cr].[N]=O.[N]=O. The van der Waals surface area contributed by atoms with Gasteiger partial charge in [0.25, 0.3) is 0 Å². The summed E-state index contributed by atoms with van der Waals surface area (Å²) < 4.78 is 39.0. The molecule has 20 heavy (non-hydrogen) atoms. The average Bonchev–Trinajstić information content (AvgIpc) is 2.51. The van der Waals surface area contributed by atoms with Gasteiger partial charge in [0.1, 0.15) is 11.2 Å². The van der Waals surface area contributed by atoms with Gasteiger partial charge in [0.15, 0.2) is 0 Å². The Kier molecular flexibility index (Phi) is 18.8. The molecular formula is C10H15BCrF4N2O2-. The predicted octanol–water partition coefficient (Wildman–Crippen LogP) is 3.38. The Morgan fingerprint density at radius 2 is 0.650 bits per heavy atom. The van der Waals surface area contributed by atoms with E-state index in [4.69, 9.17) is 21.0 Å². The van der Waals surface area contributed by atoms with Crippen LogP contribution in [0.1, 0.15) is 34.6 Å². The summed E-state index contributed by atoms with van der Waals surface area (Å²) in [7, 11) is -6.00. The summed E-state index contributed by atoms with van der Waals surface area (Å²) in [6.07, 6.45) is 0. The van der Waals surface area contributed by atoms with Gasteiger partial charge < -0.3 is 17.3 Å². The Hall–Kier alpha value is -0.483. The standard InChI is InChI=1S/C10H15.BF4.Cr.2NO/c1-6-7(2)9(4)10(5)8(6)3;2-1(3,4)5;;2*1-2/h1-5H3;;;;/q;-1;;;. The molecule has 0 aromatic rings. The van der Waals surface area contributed by atoms with E-state index in [-0.39, 0.29) is 17.4 Å². The third-order valence-corrected chi connectivity index (χ3v) is 2.81. The fraction of sp³-hybridized carbons (Fsp3) is 0.500. The number of hydrogen-bond acceptors (Lipinski definition) is 2. The van der Waals surface area contributed by atoms with E-state index in [9.17, 15) is 17.3 Å². The van der Waals surface area contributed by atoms with E-state index in [1.54, 1.807) is 0 Å².